The molecule has 1 saturated carbocycles. The Morgan fingerprint density at radius 3 is 2.88 bits per heavy atom. The zero-order chi connectivity index (χ0) is 11.5. The lowest BCUT2D eigenvalue weighted by molar-refractivity contribution is 0.290. The van der Waals surface area contributed by atoms with Crippen molar-refractivity contribution in [2.45, 2.75) is 32.7 Å². The Kier molecular flexibility index (Phi) is 3.17. The molecule has 1 aromatic rings. The molecular formula is C12H19N3O. The minimum atomic E-state index is 0.354. The maximum absolute atomic E-state index is 5.81. The van der Waals surface area contributed by atoms with Gasteiger partial charge in [0, 0.05) is 6.04 Å². The van der Waals surface area contributed by atoms with Crippen molar-refractivity contribution in [3.63, 3.8) is 0 Å². The molecule has 0 saturated heterocycles. The number of pyridine rings is 1. The first-order valence-corrected chi connectivity index (χ1v) is 5.81. The van der Waals surface area contributed by atoms with Gasteiger partial charge in [-0.25, -0.2) is 0 Å². The van der Waals surface area contributed by atoms with Crippen LogP contribution in [0.25, 0.3) is 0 Å². The van der Waals surface area contributed by atoms with Gasteiger partial charge in [-0.1, -0.05) is 0 Å². The molecule has 4 nitrogen and oxygen atoms in total. The molecule has 2 rings (SSSR count). The first-order chi connectivity index (χ1) is 7.65. The van der Waals surface area contributed by atoms with E-state index in [1.54, 1.807) is 0 Å². The van der Waals surface area contributed by atoms with Gasteiger partial charge in [0.1, 0.15) is 5.82 Å². The molecule has 4 heteroatoms. The van der Waals surface area contributed by atoms with E-state index >= 15 is 0 Å². The lowest BCUT2D eigenvalue weighted by Gasteiger charge is -2.12. The fourth-order valence-corrected chi connectivity index (χ4v) is 1.42. The SMILES string of the molecule is CC(C)Nc1ccc(N)c(OCC2CC2)n1. The summed E-state index contributed by atoms with van der Waals surface area (Å²) in [5.74, 6) is 2.08. The molecule has 1 aromatic heterocycles. The molecule has 0 spiro atoms. The summed E-state index contributed by atoms with van der Waals surface area (Å²) in [4.78, 5) is 4.35. The lowest BCUT2D eigenvalue weighted by atomic mass is 10.3. The van der Waals surface area contributed by atoms with Gasteiger partial charge in [0.05, 0.1) is 12.3 Å². The highest BCUT2D eigenvalue weighted by Crippen LogP contribution is 2.30. The smallest absolute Gasteiger partial charge is 0.239 e. The van der Waals surface area contributed by atoms with Gasteiger partial charge in [0.15, 0.2) is 0 Å². The van der Waals surface area contributed by atoms with Crippen LogP contribution in [0.1, 0.15) is 26.7 Å². The van der Waals surface area contributed by atoms with Crippen LogP contribution in [0.2, 0.25) is 0 Å². The molecule has 0 aromatic carbocycles. The molecule has 0 radical (unpaired) electrons. The number of nitrogens with one attached hydrogen (secondary N) is 1. The summed E-state index contributed by atoms with van der Waals surface area (Å²) in [5, 5.41) is 3.23. The van der Waals surface area contributed by atoms with E-state index in [1.807, 2.05) is 12.1 Å². The molecule has 16 heavy (non-hydrogen) atoms. The Bertz CT molecular complexity index is 361. The van der Waals surface area contributed by atoms with E-state index in [4.69, 9.17) is 10.5 Å². The van der Waals surface area contributed by atoms with Crippen molar-refractivity contribution in [2.24, 2.45) is 5.92 Å². The summed E-state index contributed by atoms with van der Waals surface area (Å²) >= 11 is 0. The third-order valence-electron chi connectivity index (χ3n) is 2.48. The second-order valence-electron chi connectivity index (χ2n) is 4.64. The van der Waals surface area contributed by atoms with Gasteiger partial charge < -0.3 is 15.8 Å². The first kappa shape index (κ1) is 11.0. The van der Waals surface area contributed by atoms with Crippen molar-refractivity contribution in [1.29, 1.82) is 0 Å². The Balaban J connectivity index is 2.02. The quantitative estimate of drug-likeness (QED) is 0.800. The van der Waals surface area contributed by atoms with E-state index in [9.17, 15) is 0 Å². The second kappa shape index (κ2) is 4.60. The van der Waals surface area contributed by atoms with Crippen LogP contribution >= 0.6 is 0 Å². The van der Waals surface area contributed by atoms with E-state index in [0.717, 1.165) is 12.4 Å². The first-order valence-electron chi connectivity index (χ1n) is 5.81. The van der Waals surface area contributed by atoms with Gasteiger partial charge in [0.2, 0.25) is 5.88 Å². The van der Waals surface area contributed by atoms with Crippen LogP contribution in [0.5, 0.6) is 5.88 Å². The number of hydrogen-bond donors (Lipinski definition) is 2. The molecule has 0 unspecified atom stereocenters. The van der Waals surface area contributed by atoms with Gasteiger partial charge in [-0.3, -0.25) is 0 Å². The number of aromatic nitrogens is 1. The molecule has 1 aliphatic carbocycles. The summed E-state index contributed by atoms with van der Waals surface area (Å²) in [7, 11) is 0. The Hall–Kier alpha value is -1.45. The largest absolute Gasteiger partial charge is 0.476 e. The number of hydrogen-bond acceptors (Lipinski definition) is 4. The maximum Gasteiger partial charge on any atom is 0.239 e. The Morgan fingerprint density at radius 2 is 2.25 bits per heavy atom. The average Bonchev–Trinajstić information content (AvgIpc) is 3.02. The molecule has 1 heterocycles. The third-order valence-corrected chi connectivity index (χ3v) is 2.48. The number of nitrogens with two attached hydrogens (primary N) is 1. The van der Waals surface area contributed by atoms with Crippen LogP contribution in [0.3, 0.4) is 0 Å². The molecule has 0 amide bonds. The van der Waals surface area contributed by atoms with Crippen molar-refractivity contribution < 1.29 is 4.74 Å². The average molecular weight is 221 g/mol. The minimum Gasteiger partial charge on any atom is -0.476 e. The van der Waals surface area contributed by atoms with E-state index in [2.05, 4.69) is 24.1 Å². The van der Waals surface area contributed by atoms with Gasteiger partial charge in [-0.2, -0.15) is 4.98 Å². The monoisotopic (exact) mass is 221 g/mol. The van der Waals surface area contributed by atoms with Crippen molar-refractivity contribution in [1.82, 2.24) is 4.98 Å². The molecule has 3 N–H and O–H groups in total. The van der Waals surface area contributed by atoms with Crippen LogP contribution in [-0.4, -0.2) is 17.6 Å². The second-order valence-corrected chi connectivity index (χ2v) is 4.64. The molecule has 1 fully saturated rings. The number of nitrogen functional groups attached to an aromatic ring is 1. The normalized spacial score (nSPS) is 15.2. The summed E-state index contributed by atoms with van der Waals surface area (Å²) in [6, 6.07) is 4.06. The van der Waals surface area contributed by atoms with Gasteiger partial charge in [0.25, 0.3) is 0 Å². The van der Waals surface area contributed by atoms with Crippen molar-refractivity contribution >= 4 is 11.5 Å². The van der Waals surface area contributed by atoms with Crippen LogP contribution in [0, 0.1) is 5.92 Å². The summed E-state index contributed by atoms with van der Waals surface area (Å²) < 4.78 is 5.61. The van der Waals surface area contributed by atoms with E-state index in [1.165, 1.54) is 12.8 Å². The molecule has 88 valence electrons. The van der Waals surface area contributed by atoms with Gasteiger partial charge in [-0.15, -0.1) is 0 Å². The highest BCUT2D eigenvalue weighted by molar-refractivity contribution is 5.53. The van der Waals surface area contributed by atoms with Crippen LogP contribution < -0.4 is 15.8 Å². The number of rotatable bonds is 5. The third kappa shape index (κ3) is 3.02. The van der Waals surface area contributed by atoms with Gasteiger partial charge in [-0.05, 0) is 44.7 Å². The maximum atomic E-state index is 5.81. The summed E-state index contributed by atoms with van der Waals surface area (Å²) in [6.07, 6.45) is 2.54. The Morgan fingerprint density at radius 1 is 1.50 bits per heavy atom. The zero-order valence-electron chi connectivity index (χ0n) is 9.86. The van der Waals surface area contributed by atoms with Crippen LogP contribution in [0.15, 0.2) is 12.1 Å². The number of anilines is 2. The molecule has 0 bridgehead atoms. The highest BCUT2D eigenvalue weighted by atomic mass is 16.5. The summed E-state index contributed by atoms with van der Waals surface area (Å²) in [6.45, 7) is 4.88. The van der Waals surface area contributed by atoms with Crippen LogP contribution in [-0.2, 0) is 0 Å². The number of ether oxygens (including phenoxy) is 1. The van der Waals surface area contributed by atoms with Crippen molar-refractivity contribution in [3.8, 4) is 5.88 Å². The molecule has 1 aliphatic rings. The fraction of sp³-hybridized carbons (Fsp3) is 0.583. The summed E-state index contributed by atoms with van der Waals surface area (Å²) in [5.41, 5.74) is 6.42. The molecule has 0 aliphatic heterocycles. The standard InChI is InChI=1S/C12H19N3O/c1-8(2)14-11-6-5-10(13)12(15-11)16-7-9-3-4-9/h5-6,8-9H,3-4,7,13H2,1-2H3,(H,14,15). The van der Waals surface area contributed by atoms with E-state index in [0.29, 0.717) is 23.5 Å². The fourth-order valence-electron chi connectivity index (χ4n) is 1.42. The van der Waals surface area contributed by atoms with E-state index < -0.39 is 0 Å². The van der Waals surface area contributed by atoms with Crippen molar-refractivity contribution in [2.75, 3.05) is 17.7 Å². The molecule has 0 atom stereocenters. The molecular weight excluding hydrogens is 202 g/mol. The van der Waals surface area contributed by atoms with Gasteiger partial charge >= 0.3 is 0 Å². The number of nitrogens with zero attached hydrogens (tertiary/aromatic N) is 1. The Labute approximate surface area is 96.2 Å². The zero-order valence-corrected chi connectivity index (χ0v) is 9.86. The topological polar surface area (TPSA) is 60.2 Å². The lowest BCUT2D eigenvalue weighted by Crippen LogP contribution is -2.12. The predicted molar refractivity (Wildman–Crippen MR) is 65.6 cm³/mol. The predicted octanol–water partition coefficient (Wildman–Crippen LogP) is 2.27. The van der Waals surface area contributed by atoms with Crippen LogP contribution in [0.4, 0.5) is 11.5 Å². The highest BCUT2D eigenvalue weighted by Gasteiger charge is 2.22. The van der Waals surface area contributed by atoms with E-state index in [-0.39, 0.29) is 0 Å². The van der Waals surface area contributed by atoms with Crippen molar-refractivity contribution in [3.05, 3.63) is 12.1 Å². The minimum absolute atomic E-state index is 0.354.